The number of hydrogen-bond acceptors (Lipinski definition) is 6. The van der Waals surface area contributed by atoms with Gasteiger partial charge >= 0.3 is 5.97 Å². The lowest BCUT2D eigenvalue weighted by Crippen LogP contribution is -2.58. The Morgan fingerprint density at radius 2 is 1.83 bits per heavy atom. The first-order valence-electron chi connectivity index (χ1n) is 12.8. The molecule has 0 aliphatic carbocycles. The number of ether oxygens (including phenoxy) is 1. The van der Waals surface area contributed by atoms with E-state index in [0.29, 0.717) is 25.9 Å². The molecule has 35 heavy (non-hydrogen) atoms. The Hall–Kier alpha value is -1.80. The fraction of sp³-hybridized carbons (Fsp3) is 0.741. The molecule has 0 aromatic heterocycles. The van der Waals surface area contributed by atoms with Crippen LogP contribution in [0.1, 0.15) is 60.3 Å². The minimum Gasteiger partial charge on any atom is -0.461 e. The van der Waals surface area contributed by atoms with Crippen LogP contribution in [0.25, 0.3) is 0 Å². The molecule has 0 bridgehead atoms. The quantitative estimate of drug-likeness (QED) is 0.326. The van der Waals surface area contributed by atoms with Crippen LogP contribution in [0.5, 0.6) is 0 Å². The fourth-order valence-electron chi connectivity index (χ4n) is 6.72. The van der Waals surface area contributed by atoms with Crippen LogP contribution in [0.3, 0.4) is 0 Å². The van der Waals surface area contributed by atoms with Crippen molar-refractivity contribution in [1.29, 1.82) is 0 Å². The lowest BCUT2D eigenvalue weighted by molar-refractivity contribution is -0.151. The number of aliphatic hydroxyl groups is 1. The van der Waals surface area contributed by atoms with Crippen LogP contribution in [0.2, 0.25) is 0 Å². The van der Waals surface area contributed by atoms with E-state index in [0.717, 1.165) is 12.8 Å². The van der Waals surface area contributed by atoms with Crippen molar-refractivity contribution in [3.8, 4) is 0 Å². The molecule has 2 fully saturated rings. The van der Waals surface area contributed by atoms with Gasteiger partial charge in [0, 0.05) is 30.5 Å². The molecule has 0 radical (unpaired) electrons. The van der Waals surface area contributed by atoms with Crippen LogP contribution in [0.4, 0.5) is 0 Å². The van der Waals surface area contributed by atoms with E-state index in [4.69, 9.17) is 4.74 Å². The predicted octanol–water partition coefficient (Wildman–Crippen LogP) is 3.17. The Labute approximate surface area is 213 Å². The molecule has 1 N–H and O–H groups in total. The molecule has 4 aliphatic rings. The zero-order valence-electron chi connectivity index (χ0n) is 21.7. The number of likely N-dealkylation sites (tertiary alicyclic amines) is 1. The predicted molar refractivity (Wildman–Crippen MR) is 137 cm³/mol. The molecule has 1 spiro atoms. The SMILES string of the molecule is CC(C)(C)CC(C)(C)N1CC=C[C@]23S[C@H]4C=CCOC(=O)[C@H]4[C@H]2C(=O)N(CCCCCO)C3C1=O. The van der Waals surface area contributed by atoms with Crippen LogP contribution in [0.15, 0.2) is 24.3 Å². The summed E-state index contributed by atoms with van der Waals surface area (Å²) in [6, 6.07) is -0.662. The maximum atomic E-state index is 14.4. The standard InChI is InChI=1S/C27H40N2O5S/c1-25(2,3)17-26(4,5)29-14-10-12-27-20(19-18(35-27)11-9-16-34-24(19)33)22(31)28(21(27)23(29)32)13-7-6-8-15-30/h9-12,18-21,30H,6-8,13-17H2,1-5H3/t18-,19+,20-,21?,27-/m0/s1. The molecule has 194 valence electrons. The Kier molecular flexibility index (Phi) is 7.19. The molecule has 5 atom stereocenters. The number of carbonyl (C=O) groups excluding carboxylic acids is 3. The van der Waals surface area contributed by atoms with E-state index in [-0.39, 0.29) is 41.7 Å². The number of carbonyl (C=O) groups is 3. The second kappa shape index (κ2) is 9.58. The Morgan fingerprint density at radius 3 is 2.51 bits per heavy atom. The van der Waals surface area contributed by atoms with Gasteiger partial charge in [-0.1, -0.05) is 45.1 Å². The minimum absolute atomic E-state index is 0.0271. The van der Waals surface area contributed by atoms with Crippen molar-refractivity contribution in [3.63, 3.8) is 0 Å². The van der Waals surface area contributed by atoms with Crippen LogP contribution in [0, 0.1) is 17.3 Å². The van der Waals surface area contributed by atoms with Crippen molar-refractivity contribution >= 4 is 29.5 Å². The van der Waals surface area contributed by atoms with Crippen molar-refractivity contribution in [1.82, 2.24) is 9.80 Å². The fourth-order valence-corrected chi connectivity index (χ4v) is 8.72. The number of cyclic esters (lactones) is 1. The van der Waals surface area contributed by atoms with Gasteiger partial charge in [-0.2, -0.15) is 0 Å². The van der Waals surface area contributed by atoms with Gasteiger partial charge in [0.25, 0.3) is 0 Å². The van der Waals surface area contributed by atoms with E-state index in [1.54, 1.807) is 16.7 Å². The molecule has 0 saturated carbocycles. The monoisotopic (exact) mass is 504 g/mol. The van der Waals surface area contributed by atoms with E-state index in [2.05, 4.69) is 40.7 Å². The average Bonchev–Trinajstić information content (AvgIpc) is 3.03. The molecule has 8 heteroatoms. The van der Waals surface area contributed by atoms with Crippen LogP contribution < -0.4 is 0 Å². The molecule has 0 aromatic rings. The van der Waals surface area contributed by atoms with Gasteiger partial charge in [0.05, 0.1) is 16.6 Å². The highest BCUT2D eigenvalue weighted by Gasteiger charge is 2.71. The molecule has 7 nitrogen and oxygen atoms in total. The van der Waals surface area contributed by atoms with Gasteiger partial charge in [0.2, 0.25) is 11.8 Å². The highest BCUT2D eigenvalue weighted by Crippen LogP contribution is 2.61. The molecule has 2 saturated heterocycles. The van der Waals surface area contributed by atoms with Gasteiger partial charge < -0.3 is 19.6 Å². The van der Waals surface area contributed by atoms with E-state index in [1.165, 1.54) is 0 Å². The van der Waals surface area contributed by atoms with Gasteiger partial charge in [-0.05, 0) is 44.9 Å². The number of thioether (sulfide) groups is 1. The van der Waals surface area contributed by atoms with Crippen LogP contribution >= 0.6 is 11.8 Å². The zero-order valence-corrected chi connectivity index (χ0v) is 22.5. The van der Waals surface area contributed by atoms with E-state index in [1.807, 2.05) is 23.1 Å². The number of fused-ring (bicyclic) bond motifs is 2. The Bertz CT molecular complexity index is 923. The van der Waals surface area contributed by atoms with Gasteiger partial charge in [0.15, 0.2) is 0 Å². The molecule has 1 unspecified atom stereocenters. The summed E-state index contributed by atoms with van der Waals surface area (Å²) in [7, 11) is 0. The molecule has 0 aromatic carbocycles. The summed E-state index contributed by atoms with van der Waals surface area (Å²) in [5, 5.41) is 9.01. The van der Waals surface area contributed by atoms with Crippen molar-refractivity contribution in [2.24, 2.45) is 17.3 Å². The van der Waals surface area contributed by atoms with E-state index >= 15 is 0 Å². The summed E-state index contributed by atoms with van der Waals surface area (Å²) in [6.07, 6.45) is 10.9. The minimum atomic E-state index is -0.798. The first-order valence-corrected chi connectivity index (χ1v) is 13.7. The first kappa shape index (κ1) is 26.3. The van der Waals surface area contributed by atoms with Crippen LogP contribution in [-0.4, -0.2) is 80.6 Å². The second-order valence-electron chi connectivity index (χ2n) is 12.1. The number of esters is 1. The average molecular weight is 505 g/mol. The molecule has 4 rings (SSSR count). The lowest BCUT2D eigenvalue weighted by Gasteiger charge is -2.44. The summed E-state index contributed by atoms with van der Waals surface area (Å²) in [5.74, 6) is -1.73. The summed E-state index contributed by atoms with van der Waals surface area (Å²) in [5.41, 5.74) is -0.374. The zero-order chi connectivity index (χ0) is 25.6. The largest absolute Gasteiger partial charge is 0.461 e. The van der Waals surface area contributed by atoms with Gasteiger partial charge in [-0.15, -0.1) is 11.8 Å². The van der Waals surface area contributed by atoms with Gasteiger partial charge in [-0.25, -0.2) is 0 Å². The number of unbranched alkanes of at least 4 members (excludes halogenated alkanes) is 2. The number of rotatable bonds is 7. The summed E-state index contributed by atoms with van der Waals surface area (Å²) in [4.78, 5) is 45.1. The third-order valence-electron chi connectivity index (χ3n) is 7.66. The third kappa shape index (κ3) is 4.68. The Balaban J connectivity index is 1.75. The normalized spacial score (nSPS) is 32.8. The smallest absolute Gasteiger partial charge is 0.311 e. The molecular formula is C27H40N2O5S. The summed E-state index contributed by atoms with van der Waals surface area (Å²) < 4.78 is 4.63. The highest BCUT2D eigenvalue weighted by molar-refractivity contribution is 8.02. The molecule has 4 aliphatic heterocycles. The maximum absolute atomic E-state index is 14.4. The van der Waals surface area contributed by atoms with Crippen LogP contribution in [-0.2, 0) is 19.1 Å². The van der Waals surface area contributed by atoms with E-state index < -0.39 is 28.2 Å². The second-order valence-corrected chi connectivity index (χ2v) is 13.6. The molecule has 2 amide bonds. The molecular weight excluding hydrogens is 464 g/mol. The first-order chi connectivity index (χ1) is 16.4. The lowest BCUT2D eigenvalue weighted by atomic mass is 9.78. The van der Waals surface area contributed by atoms with E-state index in [9.17, 15) is 19.5 Å². The van der Waals surface area contributed by atoms with Gasteiger partial charge in [0.1, 0.15) is 12.6 Å². The number of aliphatic hydroxyl groups excluding tert-OH is 1. The van der Waals surface area contributed by atoms with Crippen molar-refractivity contribution in [2.75, 3.05) is 26.3 Å². The third-order valence-corrected chi connectivity index (χ3v) is 9.41. The summed E-state index contributed by atoms with van der Waals surface area (Å²) >= 11 is 1.58. The summed E-state index contributed by atoms with van der Waals surface area (Å²) in [6.45, 7) is 12.0. The number of amides is 2. The van der Waals surface area contributed by atoms with Crippen molar-refractivity contribution in [3.05, 3.63) is 24.3 Å². The highest BCUT2D eigenvalue weighted by atomic mass is 32.2. The topological polar surface area (TPSA) is 87.2 Å². The van der Waals surface area contributed by atoms with Crippen molar-refractivity contribution in [2.45, 2.75) is 81.9 Å². The molecule has 4 heterocycles. The number of nitrogens with zero attached hydrogens (tertiary/aromatic N) is 2. The van der Waals surface area contributed by atoms with Gasteiger partial charge in [-0.3, -0.25) is 14.4 Å². The van der Waals surface area contributed by atoms with Crippen molar-refractivity contribution < 1.29 is 24.2 Å². The maximum Gasteiger partial charge on any atom is 0.311 e. The number of hydrogen-bond donors (Lipinski definition) is 1. The Morgan fingerprint density at radius 1 is 1.09 bits per heavy atom.